The van der Waals surface area contributed by atoms with Gasteiger partial charge in [0.15, 0.2) is 0 Å². The second-order valence-electron chi connectivity index (χ2n) is 6.30. The molecule has 166 valence electrons. The molecule has 0 fully saturated rings. The zero-order valence-corrected chi connectivity index (χ0v) is 15.9. The van der Waals surface area contributed by atoms with Crippen LogP contribution in [0, 0.1) is 0 Å². The number of nitrogens with one attached hydrogen (secondary N) is 1. The highest BCUT2D eigenvalue weighted by molar-refractivity contribution is 6.06. The summed E-state index contributed by atoms with van der Waals surface area (Å²) in [6.45, 7) is 0. The highest BCUT2D eigenvalue weighted by atomic mass is 19.4. The summed E-state index contributed by atoms with van der Waals surface area (Å²) in [5.74, 6) is -2.46. The van der Waals surface area contributed by atoms with E-state index in [-0.39, 0.29) is 17.0 Å². The van der Waals surface area contributed by atoms with Gasteiger partial charge in [0.1, 0.15) is 17.0 Å². The van der Waals surface area contributed by atoms with Crippen molar-refractivity contribution in [3.63, 3.8) is 0 Å². The maximum absolute atomic E-state index is 13.1. The van der Waals surface area contributed by atoms with Gasteiger partial charge in [-0.1, -0.05) is 6.07 Å². The van der Waals surface area contributed by atoms with Gasteiger partial charge in [-0.25, -0.2) is 13.8 Å². The Hall–Kier alpha value is -4.09. The van der Waals surface area contributed by atoms with Gasteiger partial charge in [-0.3, -0.25) is 14.6 Å². The van der Waals surface area contributed by atoms with Crippen molar-refractivity contribution in [1.29, 1.82) is 0 Å². The number of nitrogens with zero attached hydrogens (tertiary/aromatic N) is 2. The Balaban J connectivity index is 1.95. The number of amides is 2. The van der Waals surface area contributed by atoms with Crippen LogP contribution < -0.4 is 15.8 Å². The number of rotatable bonds is 6. The number of hydrogen-bond acceptors (Lipinski definition) is 5. The zero-order chi connectivity index (χ0) is 23.5. The van der Waals surface area contributed by atoms with Crippen molar-refractivity contribution in [2.45, 2.75) is 12.6 Å². The highest BCUT2D eigenvalue weighted by Gasteiger charge is 2.33. The van der Waals surface area contributed by atoms with E-state index in [2.05, 4.69) is 15.3 Å². The number of anilines is 1. The molecule has 0 spiro atoms. The van der Waals surface area contributed by atoms with Crippen LogP contribution >= 0.6 is 0 Å². The molecule has 2 amide bonds. The standard InChI is InChI=1S/C20H13F5N4O3/c21-16(22)15-5-4-13(9-27-15)32-19-14(7-11(8-28-19)20(23,24)25)18(31)29-12-3-1-2-10(6-12)17(26)30/h1-9,16H,(H2,26,30)(H,29,31). The summed E-state index contributed by atoms with van der Waals surface area (Å²) in [7, 11) is 0. The molecule has 3 aromatic rings. The number of aromatic nitrogens is 2. The minimum absolute atomic E-state index is 0.0617. The van der Waals surface area contributed by atoms with E-state index in [1.165, 1.54) is 24.3 Å². The first-order chi connectivity index (χ1) is 15.0. The number of hydrogen-bond donors (Lipinski definition) is 2. The lowest BCUT2D eigenvalue weighted by atomic mass is 10.1. The van der Waals surface area contributed by atoms with E-state index < -0.39 is 47.1 Å². The smallest absolute Gasteiger partial charge is 0.417 e. The van der Waals surface area contributed by atoms with Gasteiger partial charge in [0.05, 0.1) is 11.8 Å². The molecule has 1 aromatic carbocycles. The third-order valence-electron chi connectivity index (χ3n) is 4.03. The molecular formula is C20H13F5N4O3. The second kappa shape index (κ2) is 8.96. The number of benzene rings is 1. The predicted octanol–water partition coefficient (Wildman–Crippen LogP) is 4.58. The van der Waals surface area contributed by atoms with Crippen molar-refractivity contribution in [2.75, 3.05) is 5.32 Å². The van der Waals surface area contributed by atoms with Crippen molar-refractivity contribution < 1.29 is 36.3 Å². The number of ether oxygens (including phenoxy) is 1. The molecule has 0 aliphatic carbocycles. The molecule has 3 rings (SSSR count). The lowest BCUT2D eigenvalue weighted by molar-refractivity contribution is -0.137. The summed E-state index contributed by atoms with van der Waals surface area (Å²) >= 11 is 0. The van der Waals surface area contributed by atoms with Crippen molar-refractivity contribution in [3.8, 4) is 11.6 Å². The molecule has 0 saturated carbocycles. The summed E-state index contributed by atoms with van der Waals surface area (Å²) in [5, 5.41) is 2.33. The number of carbonyl (C=O) groups excluding carboxylic acids is 2. The largest absolute Gasteiger partial charge is 0.437 e. The monoisotopic (exact) mass is 452 g/mol. The molecule has 0 aliphatic heterocycles. The first kappa shape index (κ1) is 22.6. The van der Waals surface area contributed by atoms with Crippen molar-refractivity contribution >= 4 is 17.5 Å². The first-order valence-corrected chi connectivity index (χ1v) is 8.75. The third-order valence-corrected chi connectivity index (χ3v) is 4.03. The van der Waals surface area contributed by atoms with E-state index in [1.807, 2.05) is 0 Å². The van der Waals surface area contributed by atoms with Crippen molar-refractivity contribution in [3.05, 3.63) is 77.2 Å². The number of primary amides is 1. The van der Waals surface area contributed by atoms with E-state index in [9.17, 15) is 31.5 Å². The van der Waals surface area contributed by atoms with E-state index in [0.717, 1.165) is 18.3 Å². The molecule has 0 unspecified atom stereocenters. The van der Waals surface area contributed by atoms with E-state index in [0.29, 0.717) is 12.3 Å². The van der Waals surface area contributed by atoms with Crippen LogP contribution in [0.2, 0.25) is 0 Å². The van der Waals surface area contributed by atoms with Crippen LogP contribution in [0.1, 0.15) is 38.4 Å². The normalized spacial score (nSPS) is 11.3. The summed E-state index contributed by atoms with van der Waals surface area (Å²) in [5.41, 5.74) is 2.97. The second-order valence-corrected chi connectivity index (χ2v) is 6.30. The molecule has 0 bridgehead atoms. The average molecular weight is 452 g/mol. The minimum atomic E-state index is -4.80. The quantitative estimate of drug-likeness (QED) is 0.533. The number of halogens is 5. The van der Waals surface area contributed by atoms with E-state index in [1.54, 1.807) is 0 Å². The van der Waals surface area contributed by atoms with Crippen LogP contribution in [0.5, 0.6) is 11.6 Å². The Labute approximate surface area is 177 Å². The number of alkyl halides is 5. The number of pyridine rings is 2. The summed E-state index contributed by atoms with van der Waals surface area (Å²) in [6, 6.07) is 8.00. The maximum Gasteiger partial charge on any atom is 0.417 e. The maximum atomic E-state index is 13.1. The van der Waals surface area contributed by atoms with Gasteiger partial charge >= 0.3 is 6.18 Å². The van der Waals surface area contributed by atoms with Crippen LogP contribution in [0.4, 0.5) is 27.6 Å². The summed E-state index contributed by atoms with van der Waals surface area (Å²) in [4.78, 5) is 31.0. The van der Waals surface area contributed by atoms with Gasteiger partial charge in [0.2, 0.25) is 11.8 Å². The summed E-state index contributed by atoms with van der Waals surface area (Å²) in [6.07, 6.45) is -6.25. The molecule has 32 heavy (non-hydrogen) atoms. The number of nitrogens with two attached hydrogens (primary N) is 1. The van der Waals surface area contributed by atoms with Gasteiger partial charge in [0.25, 0.3) is 12.3 Å². The fourth-order valence-corrected chi connectivity index (χ4v) is 2.49. The van der Waals surface area contributed by atoms with E-state index >= 15 is 0 Å². The van der Waals surface area contributed by atoms with Crippen LogP contribution in [-0.2, 0) is 6.18 Å². The van der Waals surface area contributed by atoms with Crippen molar-refractivity contribution in [1.82, 2.24) is 9.97 Å². The van der Waals surface area contributed by atoms with Gasteiger partial charge in [0, 0.05) is 17.4 Å². The molecule has 3 N–H and O–H groups in total. The Morgan fingerprint density at radius 1 is 1.03 bits per heavy atom. The van der Waals surface area contributed by atoms with Gasteiger partial charge in [-0.2, -0.15) is 13.2 Å². The van der Waals surface area contributed by atoms with E-state index in [4.69, 9.17) is 10.5 Å². The summed E-state index contributed by atoms with van der Waals surface area (Å²) < 4.78 is 70.0. The van der Waals surface area contributed by atoms with Crippen molar-refractivity contribution in [2.24, 2.45) is 5.73 Å². The van der Waals surface area contributed by atoms with Crippen LogP contribution in [0.25, 0.3) is 0 Å². The fraction of sp³-hybridized carbons (Fsp3) is 0.100. The molecule has 2 aromatic heterocycles. The Kier molecular flexibility index (Phi) is 6.32. The zero-order valence-electron chi connectivity index (χ0n) is 15.9. The Morgan fingerprint density at radius 3 is 2.38 bits per heavy atom. The van der Waals surface area contributed by atoms with Gasteiger partial charge in [-0.15, -0.1) is 0 Å². The van der Waals surface area contributed by atoms with Gasteiger partial charge in [-0.05, 0) is 36.4 Å². The molecule has 0 aliphatic rings. The first-order valence-electron chi connectivity index (χ1n) is 8.75. The average Bonchev–Trinajstić information content (AvgIpc) is 2.73. The fourth-order valence-electron chi connectivity index (χ4n) is 2.49. The molecule has 7 nitrogen and oxygen atoms in total. The van der Waals surface area contributed by atoms with Gasteiger partial charge < -0.3 is 15.8 Å². The molecular weight excluding hydrogens is 439 g/mol. The lowest BCUT2D eigenvalue weighted by Crippen LogP contribution is -2.17. The minimum Gasteiger partial charge on any atom is -0.437 e. The predicted molar refractivity (Wildman–Crippen MR) is 101 cm³/mol. The van der Waals surface area contributed by atoms with Crippen LogP contribution in [0.15, 0.2) is 54.9 Å². The lowest BCUT2D eigenvalue weighted by Gasteiger charge is -2.14. The SMILES string of the molecule is NC(=O)c1cccc(NC(=O)c2cc(C(F)(F)F)cnc2Oc2ccc(C(F)F)nc2)c1. The molecule has 12 heteroatoms. The Bertz CT molecular complexity index is 1150. The Morgan fingerprint density at radius 2 is 1.78 bits per heavy atom. The third kappa shape index (κ3) is 5.33. The van der Waals surface area contributed by atoms with Crippen LogP contribution in [-0.4, -0.2) is 21.8 Å². The molecule has 2 heterocycles. The topological polar surface area (TPSA) is 107 Å². The van der Waals surface area contributed by atoms with Crippen LogP contribution in [0.3, 0.4) is 0 Å². The molecule has 0 saturated heterocycles. The highest BCUT2D eigenvalue weighted by Crippen LogP contribution is 2.33. The molecule has 0 atom stereocenters. The molecule has 0 radical (unpaired) electrons. The number of carbonyl (C=O) groups is 2.